The molecular weight excluding hydrogens is 397 g/mol. The summed E-state index contributed by atoms with van der Waals surface area (Å²) in [5.41, 5.74) is 1.15. The third-order valence-electron chi connectivity index (χ3n) is 4.45. The molecule has 0 aliphatic carbocycles. The van der Waals surface area contributed by atoms with Gasteiger partial charge in [-0.15, -0.1) is 0 Å². The van der Waals surface area contributed by atoms with Crippen LogP contribution < -0.4 is 5.32 Å². The number of carbonyl (C=O) groups excluding carboxylic acids is 2. The zero-order chi connectivity index (χ0) is 20.3. The van der Waals surface area contributed by atoms with Gasteiger partial charge in [-0.2, -0.15) is 0 Å². The number of ether oxygens (including phenoxy) is 1. The van der Waals surface area contributed by atoms with Gasteiger partial charge in [0.1, 0.15) is 0 Å². The summed E-state index contributed by atoms with van der Waals surface area (Å²) in [4.78, 5) is 25.1. The van der Waals surface area contributed by atoms with Crippen molar-refractivity contribution in [1.29, 1.82) is 0 Å². The van der Waals surface area contributed by atoms with Crippen molar-refractivity contribution in [1.82, 2.24) is 5.32 Å². The Morgan fingerprint density at radius 1 is 0.964 bits per heavy atom. The van der Waals surface area contributed by atoms with E-state index >= 15 is 0 Å². The maximum Gasteiger partial charge on any atom is 0.339 e. The highest BCUT2D eigenvalue weighted by Gasteiger charge is 2.22. The molecule has 0 bridgehead atoms. The summed E-state index contributed by atoms with van der Waals surface area (Å²) >= 11 is 12.1. The van der Waals surface area contributed by atoms with Crippen LogP contribution in [0.5, 0.6) is 0 Å². The lowest BCUT2D eigenvalue weighted by Crippen LogP contribution is -2.37. The smallest absolute Gasteiger partial charge is 0.339 e. The lowest BCUT2D eigenvalue weighted by molar-refractivity contribution is -0.129. The molecule has 3 aromatic carbocycles. The summed E-state index contributed by atoms with van der Waals surface area (Å²) in [6, 6.07) is 17.6. The number of rotatable bonds is 5. The Balaban J connectivity index is 1.69. The third-order valence-corrected chi connectivity index (χ3v) is 5.01. The molecule has 144 valence electrons. The first-order valence-corrected chi connectivity index (χ1v) is 9.56. The van der Waals surface area contributed by atoms with Crippen LogP contribution in [0.25, 0.3) is 10.8 Å². The number of fused-ring (bicyclic) bond motifs is 1. The van der Waals surface area contributed by atoms with Crippen LogP contribution in [0.15, 0.2) is 60.7 Å². The zero-order valence-electron chi connectivity index (χ0n) is 15.4. The molecule has 4 nitrogen and oxygen atoms in total. The number of halogens is 2. The van der Waals surface area contributed by atoms with Gasteiger partial charge >= 0.3 is 5.97 Å². The molecule has 3 rings (SSSR count). The van der Waals surface area contributed by atoms with Crippen molar-refractivity contribution in [2.75, 3.05) is 0 Å². The minimum absolute atomic E-state index is 0.365. The van der Waals surface area contributed by atoms with Crippen molar-refractivity contribution in [3.8, 4) is 0 Å². The standard InChI is InChI=1S/C22H19Cl2NO3/c1-13(17-11-10-16(23)12-20(17)24)25-21(26)14(2)28-22(27)19-9-5-7-15-6-3-4-8-18(15)19/h3-14H,1-2H3,(H,25,26)/t13-,14-/m1/s1. The molecule has 0 aliphatic rings. The van der Waals surface area contributed by atoms with Gasteiger partial charge in [0.05, 0.1) is 11.6 Å². The van der Waals surface area contributed by atoms with E-state index in [0.717, 1.165) is 16.3 Å². The van der Waals surface area contributed by atoms with E-state index < -0.39 is 18.0 Å². The molecule has 6 heteroatoms. The maximum absolute atomic E-state index is 12.6. The van der Waals surface area contributed by atoms with Gasteiger partial charge < -0.3 is 10.1 Å². The van der Waals surface area contributed by atoms with E-state index in [1.807, 2.05) is 30.3 Å². The molecule has 0 aromatic heterocycles. The summed E-state index contributed by atoms with van der Waals surface area (Å²) in [5.74, 6) is -0.955. The normalized spacial score (nSPS) is 13.0. The highest BCUT2D eigenvalue weighted by molar-refractivity contribution is 6.35. The first-order chi connectivity index (χ1) is 13.4. The fourth-order valence-corrected chi connectivity index (χ4v) is 3.51. The molecular formula is C22H19Cl2NO3. The average Bonchev–Trinajstić information content (AvgIpc) is 2.67. The molecule has 0 saturated heterocycles. The van der Waals surface area contributed by atoms with E-state index in [0.29, 0.717) is 15.6 Å². The Labute approximate surface area is 173 Å². The van der Waals surface area contributed by atoms with Crippen LogP contribution in [-0.4, -0.2) is 18.0 Å². The number of carbonyl (C=O) groups is 2. The maximum atomic E-state index is 12.6. The largest absolute Gasteiger partial charge is 0.449 e. The van der Waals surface area contributed by atoms with Gasteiger partial charge in [0.15, 0.2) is 6.10 Å². The molecule has 0 heterocycles. The zero-order valence-corrected chi connectivity index (χ0v) is 16.9. The molecule has 1 N–H and O–H groups in total. The van der Waals surface area contributed by atoms with Crippen LogP contribution in [0.3, 0.4) is 0 Å². The Hall–Kier alpha value is -2.56. The Morgan fingerprint density at radius 3 is 2.43 bits per heavy atom. The van der Waals surface area contributed by atoms with Crippen molar-refractivity contribution in [3.63, 3.8) is 0 Å². The molecule has 0 unspecified atom stereocenters. The van der Waals surface area contributed by atoms with Crippen molar-refractivity contribution in [3.05, 3.63) is 81.8 Å². The summed E-state index contributed by atoms with van der Waals surface area (Å²) in [6.07, 6.45) is -0.958. The number of benzene rings is 3. The fourth-order valence-electron chi connectivity index (χ4n) is 2.94. The van der Waals surface area contributed by atoms with Gasteiger partial charge in [0, 0.05) is 10.0 Å². The molecule has 28 heavy (non-hydrogen) atoms. The van der Waals surface area contributed by atoms with Crippen molar-refractivity contribution >= 4 is 45.9 Å². The molecule has 0 aliphatic heterocycles. The quantitative estimate of drug-likeness (QED) is 0.554. The second-order valence-corrected chi connectivity index (χ2v) is 7.31. The minimum atomic E-state index is -0.958. The number of nitrogens with one attached hydrogen (secondary N) is 1. The Bertz CT molecular complexity index is 1030. The van der Waals surface area contributed by atoms with Gasteiger partial charge in [-0.3, -0.25) is 4.79 Å². The van der Waals surface area contributed by atoms with Crippen LogP contribution in [0.2, 0.25) is 10.0 Å². The lowest BCUT2D eigenvalue weighted by atomic mass is 10.0. The predicted octanol–water partition coefficient (Wildman–Crippen LogP) is 5.57. The monoisotopic (exact) mass is 415 g/mol. The number of hydrogen-bond acceptors (Lipinski definition) is 3. The van der Waals surface area contributed by atoms with Crippen molar-refractivity contribution < 1.29 is 14.3 Å². The summed E-state index contributed by atoms with van der Waals surface area (Å²) < 4.78 is 5.39. The first-order valence-electron chi connectivity index (χ1n) is 8.81. The fraction of sp³-hybridized carbons (Fsp3) is 0.182. The van der Waals surface area contributed by atoms with Crippen LogP contribution in [0, 0.1) is 0 Å². The SMILES string of the molecule is C[C@@H](OC(=O)c1cccc2ccccc12)C(=O)N[C@H](C)c1ccc(Cl)cc1Cl. The second-order valence-electron chi connectivity index (χ2n) is 6.47. The Kier molecular flexibility index (Phi) is 6.22. The lowest BCUT2D eigenvalue weighted by Gasteiger charge is -2.19. The minimum Gasteiger partial charge on any atom is -0.449 e. The molecule has 1 amide bonds. The summed E-state index contributed by atoms with van der Waals surface area (Å²) in [7, 11) is 0. The molecule has 0 radical (unpaired) electrons. The van der Waals surface area contributed by atoms with Crippen molar-refractivity contribution in [2.24, 2.45) is 0 Å². The van der Waals surface area contributed by atoms with E-state index in [-0.39, 0.29) is 6.04 Å². The highest BCUT2D eigenvalue weighted by Crippen LogP contribution is 2.26. The van der Waals surface area contributed by atoms with Crippen molar-refractivity contribution in [2.45, 2.75) is 26.0 Å². The van der Waals surface area contributed by atoms with Gasteiger partial charge in [-0.1, -0.05) is 65.7 Å². The summed E-state index contributed by atoms with van der Waals surface area (Å²) in [5, 5.41) is 5.50. The van der Waals surface area contributed by atoms with Crippen LogP contribution in [0.1, 0.15) is 35.8 Å². The number of amides is 1. The Morgan fingerprint density at radius 2 is 1.68 bits per heavy atom. The third kappa shape index (κ3) is 4.46. The predicted molar refractivity (Wildman–Crippen MR) is 112 cm³/mol. The highest BCUT2D eigenvalue weighted by atomic mass is 35.5. The van der Waals surface area contributed by atoms with Crippen LogP contribution >= 0.6 is 23.2 Å². The van der Waals surface area contributed by atoms with Gasteiger partial charge in [0.25, 0.3) is 5.91 Å². The van der Waals surface area contributed by atoms with E-state index in [2.05, 4.69) is 5.32 Å². The first kappa shape index (κ1) is 20.2. The van der Waals surface area contributed by atoms with Crippen LogP contribution in [0.4, 0.5) is 0 Å². The summed E-state index contributed by atoms with van der Waals surface area (Å²) in [6.45, 7) is 3.33. The van der Waals surface area contributed by atoms with Gasteiger partial charge in [0.2, 0.25) is 0 Å². The molecule has 2 atom stereocenters. The van der Waals surface area contributed by atoms with E-state index in [9.17, 15) is 9.59 Å². The number of hydrogen-bond donors (Lipinski definition) is 1. The molecule has 0 fully saturated rings. The number of esters is 1. The van der Waals surface area contributed by atoms with E-state index in [1.165, 1.54) is 6.92 Å². The average molecular weight is 416 g/mol. The van der Waals surface area contributed by atoms with Gasteiger partial charge in [-0.05, 0) is 48.4 Å². The molecule has 0 spiro atoms. The van der Waals surface area contributed by atoms with Crippen LogP contribution in [-0.2, 0) is 9.53 Å². The van der Waals surface area contributed by atoms with E-state index in [4.69, 9.17) is 27.9 Å². The van der Waals surface area contributed by atoms with Gasteiger partial charge in [-0.25, -0.2) is 4.79 Å². The molecule has 0 saturated carbocycles. The molecule has 3 aromatic rings. The second kappa shape index (κ2) is 8.63. The topological polar surface area (TPSA) is 55.4 Å². The van der Waals surface area contributed by atoms with E-state index in [1.54, 1.807) is 37.3 Å².